The van der Waals surface area contributed by atoms with Gasteiger partial charge in [0.05, 0.1) is 4.47 Å². The SMILES string of the molecule is Cc1cc(NC(=O)c2cc3cccc(Br)c3o2)ccc1N(C)C. The van der Waals surface area contributed by atoms with Crippen molar-refractivity contribution in [3.63, 3.8) is 0 Å². The van der Waals surface area contributed by atoms with Crippen molar-refractivity contribution in [1.29, 1.82) is 0 Å². The summed E-state index contributed by atoms with van der Waals surface area (Å²) in [7, 11) is 3.99. The van der Waals surface area contributed by atoms with Gasteiger partial charge in [-0.05, 0) is 58.7 Å². The number of anilines is 2. The van der Waals surface area contributed by atoms with E-state index in [-0.39, 0.29) is 5.91 Å². The molecule has 0 aliphatic heterocycles. The lowest BCUT2D eigenvalue weighted by molar-refractivity contribution is 0.0998. The Morgan fingerprint density at radius 3 is 2.61 bits per heavy atom. The predicted octanol–water partition coefficient (Wildman–Crippen LogP) is 4.82. The number of fused-ring (bicyclic) bond motifs is 1. The lowest BCUT2D eigenvalue weighted by Crippen LogP contribution is -2.13. The minimum absolute atomic E-state index is 0.259. The maximum Gasteiger partial charge on any atom is 0.291 e. The van der Waals surface area contributed by atoms with Crippen molar-refractivity contribution in [2.24, 2.45) is 0 Å². The zero-order valence-corrected chi connectivity index (χ0v) is 14.8. The van der Waals surface area contributed by atoms with Crippen LogP contribution in [0.25, 0.3) is 11.0 Å². The van der Waals surface area contributed by atoms with Gasteiger partial charge in [0, 0.05) is 30.9 Å². The molecule has 5 heteroatoms. The van der Waals surface area contributed by atoms with Crippen molar-refractivity contribution < 1.29 is 9.21 Å². The van der Waals surface area contributed by atoms with E-state index in [4.69, 9.17) is 4.42 Å². The molecule has 0 saturated heterocycles. The first-order valence-electron chi connectivity index (χ1n) is 7.23. The minimum atomic E-state index is -0.259. The molecule has 3 rings (SSSR count). The Labute approximate surface area is 143 Å². The van der Waals surface area contributed by atoms with E-state index in [9.17, 15) is 4.79 Å². The van der Waals surface area contributed by atoms with E-state index < -0.39 is 0 Å². The molecule has 0 atom stereocenters. The summed E-state index contributed by atoms with van der Waals surface area (Å²) < 4.78 is 6.49. The van der Waals surface area contributed by atoms with Crippen molar-refractivity contribution in [2.75, 3.05) is 24.3 Å². The van der Waals surface area contributed by atoms with Crippen LogP contribution in [-0.4, -0.2) is 20.0 Å². The maximum absolute atomic E-state index is 12.4. The predicted molar refractivity (Wildman–Crippen MR) is 97.4 cm³/mol. The first-order chi connectivity index (χ1) is 11.0. The monoisotopic (exact) mass is 372 g/mol. The number of nitrogens with zero attached hydrogens (tertiary/aromatic N) is 1. The molecule has 4 nitrogen and oxygen atoms in total. The summed E-state index contributed by atoms with van der Waals surface area (Å²) in [6, 6.07) is 13.3. The van der Waals surface area contributed by atoms with Crippen molar-refractivity contribution in [3.8, 4) is 0 Å². The summed E-state index contributed by atoms with van der Waals surface area (Å²) in [6.07, 6.45) is 0. The molecule has 118 valence electrons. The lowest BCUT2D eigenvalue weighted by Gasteiger charge is -2.16. The number of halogens is 1. The second kappa shape index (κ2) is 6.08. The number of nitrogens with one attached hydrogen (secondary N) is 1. The standard InChI is InChI=1S/C18H17BrN2O2/c1-11-9-13(7-8-15(11)21(2)3)20-18(22)16-10-12-5-4-6-14(19)17(12)23-16/h4-10H,1-3H3,(H,20,22). The fourth-order valence-electron chi connectivity index (χ4n) is 2.57. The van der Waals surface area contributed by atoms with E-state index in [1.54, 1.807) is 6.07 Å². The fraction of sp³-hybridized carbons (Fsp3) is 0.167. The summed E-state index contributed by atoms with van der Waals surface area (Å²) in [5.41, 5.74) is 3.64. The van der Waals surface area contributed by atoms with Crippen molar-refractivity contribution in [2.45, 2.75) is 6.92 Å². The third-order valence-electron chi connectivity index (χ3n) is 3.66. The molecule has 0 spiro atoms. The molecule has 0 radical (unpaired) electrons. The molecule has 23 heavy (non-hydrogen) atoms. The van der Waals surface area contributed by atoms with Gasteiger partial charge in [-0.1, -0.05) is 12.1 Å². The number of carbonyl (C=O) groups is 1. The van der Waals surface area contributed by atoms with E-state index in [1.807, 2.05) is 62.3 Å². The molecule has 0 aliphatic carbocycles. The largest absolute Gasteiger partial charge is 0.450 e. The zero-order chi connectivity index (χ0) is 16.6. The lowest BCUT2D eigenvalue weighted by atomic mass is 10.1. The van der Waals surface area contributed by atoms with Gasteiger partial charge in [-0.15, -0.1) is 0 Å². The first-order valence-corrected chi connectivity index (χ1v) is 8.02. The first kappa shape index (κ1) is 15.6. The third kappa shape index (κ3) is 3.10. The van der Waals surface area contributed by atoms with Crippen LogP contribution in [-0.2, 0) is 0 Å². The Morgan fingerprint density at radius 1 is 1.17 bits per heavy atom. The minimum Gasteiger partial charge on any atom is -0.450 e. The molecule has 3 aromatic rings. The number of benzene rings is 2. The molecule has 2 aromatic carbocycles. The van der Waals surface area contributed by atoms with Crippen molar-refractivity contribution in [3.05, 3.63) is 58.3 Å². The molecule has 0 unspecified atom stereocenters. The number of hydrogen-bond donors (Lipinski definition) is 1. The van der Waals surface area contributed by atoms with E-state index >= 15 is 0 Å². The van der Waals surface area contributed by atoms with Gasteiger partial charge < -0.3 is 14.6 Å². The Balaban J connectivity index is 1.86. The second-order valence-corrected chi connectivity index (χ2v) is 6.47. The highest BCUT2D eigenvalue weighted by Crippen LogP contribution is 2.28. The van der Waals surface area contributed by atoms with Crippen LogP contribution in [0.15, 0.2) is 51.4 Å². The van der Waals surface area contributed by atoms with Crippen LogP contribution in [0.3, 0.4) is 0 Å². The molecular formula is C18H17BrN2O2. The van der Waals surface area contributed by atoms with Gasteiger partial charge in [0.25, 0.3) is 5.91 Å². The topological polar surface area (TPSA) is 45.5 Å². The molecule has 0 bridgehead atoms. The molecule has 1 amide bonds. The average molecular weight is 373 g/mol. The van der Waals surface area contributed by atoms with Crippen LogP contribution < -0.4 is 10.2 Å². The molecule has 0 fully saturated rings. The van der Waals surface area contributed by atoms with E-state index in [2.05, 4.69) is 21.2 Å². The summed E-state index contributed by atoms with van der Waals surface area (Å²) in [5.74, 6) is 0.0337. The van der Waals surface area contributed by atoms with Gasteiger partial charge in [0.1, 0.15) is 5.58 Å². The Morgan fingerprint density at radius 2 is 1.96 bits per heavy atom. The van der Waals surface area contributed by atoms with E-state index in [0.29, 0.717) is 11.3 Å². The van der Waals surface area contributed by atoms with E-state index in [0.717, 1.165) is 26.8 Å². The molecule has 1 heterocycles. The number of furan rings is 1. The third-order valence-corrected chi connectivity index (χ3v) is 4.28. The molecule has 1 aromatic heterocycles. The summed E-state index contributed by atoms with van der Waals surface area (Å²) >= 11 is 3.43. The zero-order valence-electron chi connectivity index (χ0n) is 13.2. The van der Waals surface area contributed by atoms with Gasteiger partial charge in [-0.2, -0.15) is 0 Å². The van der Waals surface area contributed by atoms with Crippen molar-refractivity contribution >= 4 is 44.2 Å². The van der Waals surface area contributed by atoms with Crippen LogP contribution in [0.2, 0.25) is 0 Å². The van der Waals surface area contributed by atoms with Crippen LogP contribution in [0.5, 0.6) is 0 Å². The highest BCUT2D eigenvalue weighted by atomic mass is 79.9. The highest BCUT2D eigenvalue weighted by molar-refractivity contribution is 9.10. The van der Waals surface area contributed by atoms with E-state index in [1.165, 1.54) is 0 Å². The van der Waals surface area contributed by atoms with Gasteiger partial charge in [0.2, 0.25) is 0 Å². The van der Waals surface area contributed by atoms with Gasteiger partial charge in [0.15, 0.2) is 5.76 Å². The number of aryl methyl sites for hydroxylation is 1. The fourth-order valence-corrected chi connectivity index (χ4v) is 3.03. The Hall–Kier alpha value is -2.27. The number of hydrogen-bond acceptors (Lipinski definition) is 3. The molecule has 1 N–H and O–H groups in total. The van der Waals surface area contributed by atoms with Gasteiger partial charge in [-0.25, -0.2) is 0 Å². The van der Waals surface area contributed by atoms with Gasteiger partial charge in [-0.3, -0.25) is 4.79 Å². The highest BCUT2D eigenvalue weighted by Gasteiger charge is 2.14. The summed E-state index contributed by atoms with van der Waals surface area (Å²) in [4.78, 5) is 14.4. The van der Waals surface area contributed by atoms with Crippen LogP contribution >= 0.6 is 15.9 Å². The summed E-state index contributed by atoms with van der Waals surface area (Å²) in [6.45, 7) is 2.02. The average Bonchev–Trinajstić information content (AvgIpc) is 2.92. The molecule has 0 aliphatic rings. The quantitative estimate of drug-likeness (QED) is 0.716. The maximum atomic E-state index is 12.4. The number of carbonyl (C=O) groups excluding carboxylic acids is 1. The Kier molecular flexibility index (Phi) is 4.13. The van der Waals surface area contributed by atoms with Crippen LogP contribution in [0, 0.1) is 6.92 Å². The molecule has 0 saturated carbocycles. The number of rotatable bonds is 3. The smallest absolute Gasteiger partial charge is 0.291 e. The summed E-state index contributed by atoms with van der Waals surface area (Å²) in [5, 5.41) is 3.77. The normalized spacial score (nSPS) is 10.8. The molecular weight excluding hydrogens is 356 g/mol. The number of amides is 1. The van der Waals surface area contributed by atoms with Gasteiger partial charge >= 0.3 is 0 Å². The Bertz CT molecular complexity index is 884. The van der Waals surface area contributed by atoms with Crippen LogP contribution in [0.1, 0.15) is 16.1 Å². The van der Waals surface area contributed by atoms with Crippen LogP contribution in [0.4, 0.5) is 11.4 Å². The second-order valence-electron chi connectivity index (χ2n) is 5.62. The van der Waals surface area contributed by atoms with Crippen molar-refractivity contribution in [1.82, 2.24) is 0 Å². The number of para-hydroxylation sites is 1.